The normalized spacial score (nSPS) is 10.8. The number of hydrogen-bond donors (Lipinski definition) is 1. The Morgan fingerprint density at radius 1 is 1.15 bits per heavy atom. The fourth-order valence-corrected chi connectivity index (χ4v) is 2.12. The number of aromatic nitrogens is 2. The molecule has 0 amide bonds. The molecule has 2 aromatic heterocycles. The van der Waals surface area contributed by atoms with Crippen LogP contribution in [-0.4, -0.2) is 21.1 Å². The van der Waals surface area contributed by atoms with E-state index in [1.54, 1.807) is 12.1 Å². The van der Waals surface area contributed by atoms with Gasteiger partial charge in [-0.1, -0.05) is 13.0 Å². The smallest absolute Gasteiger partial charge is 0.226 e. The summed E-state index contributed by atoms with van der Waals surface area (Å²) in [4.78, 5) is 4.62. The number of phenolic OH excluding ortho intramolecular Hbond substituents is 1. The molecule has 3 rings (SSSR count). The maximum Gasteiger partial charge on any atom is 0.226 e. The van der Waals surface area contributed by atoms with E-state index in [-0.39, 0.29) is 5.75 Å². The highest BCUT2D eigenvalue weighted by Gasteiger charge is 2.14. The van der Waals surface area contributed by atoms with Gasteiger partial charge in [-0.05, 0) is 42.8 Å². The molecule has 0 fully saturated rings. The van der Waals surface area contributed by atoms with Crippen LogP contribution in [0.3, 0.4) is 0 Å². The first-order valence-electron chi connectivity index (χ1n) is 6.69. The van der Waals surface area contributed by atoms with Crippen LogP contribution in [0.1, 0.15) is 13.3 Å². The lowest BCUT2D eigenvalue weighted by Gasteiger charge is -2.06. The molecule has 0 spiro atoms. The zero-order chi connectivity index (χ0) is 13.9. The Balaban J connectivity index is 2.15. The summed E-state index contributed by atoms with van der Waals surface area (Å²) in [6.45, 7) is 2.72. The van der Waals surface area contributed by atoms with Gasteiger partial charge in [-0.2, -0.15) is 0 Å². The van der Waals surface area contributed by atoms with Crippen molar-refractivity contribution in [1.29, 1.82) is 0 Å². The Morgan fingerprint density at radius 2 is 1.95 bits per heavy atom. The Labute approximate surface area is 117 Å². The summed E-state index contributed by atoms with van der Waals surface area (Å²) >= 11 is 0. The molecule has 0 aliphatic heterocycles. The highest BCUT2D eigenvalue weighted by molar-refractivity contribution is 5.69. The van der Waals surface area contributed by atoms with E-state index < -0.39 is 0 Å². The van der Waals surface area contributed by atoms with Gasteiger partial charge in [0.1, 0.15) is 17.1 Å². The molecular weight excluding hydrogens is 252 g/mol. The van der Waals surface area contributed by atoms with Crippen LogP contribution in [-0.2, 0) is 0 Å². The highest BCUT2D eigenvalue weighted by atomic mass is 16.5. The lowest BCUT2D eigenvalue weighted by atomic mass is 10.1. The predicted octanol–water partition coefficient (Wildman–Crippen LogP) is 3.50. The number of fused-ring (bicyclic) bond motifs is 1. The third kappa shape index (κ3) is 2.20. The van der Waals surface area contributed by atoms with E-state index in [2.05, 4.69) is 11.9 Å². The molecule has 0 saturated heterocycles. The van der Waals surface area contributed by atoms with E-state index in [1.165, 1.54) is 0 Å². The number of benzene rings is 1. The zero-order valence-corrected chi connectivity index (χ0v) is 11.3. The van der Waals surface area contributed by atoms with Crippen molar-refractivity contribution in [3.63, 3.8) is 0 Å². The van der Waals surface area contributed by atoms with Gasteiger partial charge >= 0.3 is 0 Å². The number of phenols is 1. The van der Waals surface area contributed by atoms with Gasteiger partial charge in [0, 0.05) is 11.8 Å². The van der Waals surface area contributed by atoms with Gasteiger partial charge in [0.15, 0.2) is 0 Å². The van der Waals surface area contributed by atoms with Gasteiger partial charge in [0.05, 0.1) is 6.61 Å². The van der Waals surface area contributed by atoms with Crippen molar-refractivity contribution in [2.24, 2.45) is 0 Å². The van der Waals surface area contributed by atoms with E-state index >= 15 is 0 Å². The lowest BCUT2D eigenvalue weighted by molar-refractivity contribution is 0.304. The summed E-state index contributed by atoms with van der Waals surface area (Å²) in [5.74, 6) is 0.988. The minimum atomic E-state index is 0.244. The Bertz CT molecular complexity index is 717. The third-order valence-corrected chi connectivity index (χ3v) is 3.07. The largest absolute Gasteiger partial charge is 0.508 e. The van der Waals surface area contributed by atoms with Gasteiger partial charge in [-0.3, -0.25) is 4.40 Å². The number of nitrogens with zero attached hydrogens (tertiary/aromatic N) is 2. The van der Waals surface area contributed by atoms with Crippen molar-refractivity contribution in [2.45, 2.75) is 13.3 Å². The highest BCUT2D eigenvalue weighted by Crippen LogP contribution is 2.31. The van der Waals surface area contributed by atoms with Gasteiger partial charge < -0.3 is 9.84 Å². The maximum absolute atomic E-state index is 9.40. The SMILES string of the molecule is CCCOc1c(-c2ccc(O)cc2)nc2ccccn12. The predicted molar refractivity (Wildman–Crippen MR) is 78.1 cm³/mol. The molecule has 4 heteroatoms. The first-order valence-corrected chi connectivity index (χ1v) is 6.69. The third-order valence-electron chi connectivity index (χ3n) is 3.07. The molecule has 3 aromatic rings. The van der Waals surface area contributed by atoms with Crippen LogP contribution in [0.5, 0.6) is 11.6 Å². The Kier molecular flexibility index (Phi) is 3.29. The second-order valence-corrected chi connectivity index (χ2v) is 4.59. The summed E-state index contributed by atoms with van der Waals surface area (Å²) in [7, 11) is 0. The molecular formula is C16H16N2O2. The minimum absolute atomic E-state index is 0.244. The first kappa shape index (κ1) is 12.5. The fraction of sp³-hybridized carbons (Fsp3) is 0.188. The molecule has 0 aliphatic carbocycles. The molecule has 4 nitrogen and oxygen atoms in total. The zero-order valence-electron chi connectivity index (χ0n) is 11.3. The van der Waals surface area contributed by atoms with Crippen molar-refractivity contribution < 1.29 is 9.84 Å². The lowest BCUT2D eigenvalue weighted by Crippen LogP contribution is -1.99. The monoisotopic (exact) mass is 268 g/mol. The van der Waals surface area contributed by atoms with Crippen LogP contribution in [0.25, 0.3) is 16.9 Å². The number of pyridine rings is 1. The molecule has 20 heavy (non-hydrogen) atoms. The molecule has 102 valence electrons. The van der Waals surface area contributed by atoms with Crippen molar-refractivity contribution in [3.05, 3.63) is 48.7 Å². The Morgan fingerprint density at radius 3 is 2.70 bits per heavy atom. The number of hydrogen-bond acceptors (Lipinski definition) is 3. The second-order valence-electron chi connectivity index (χ2n) is 4.59. The number of aromatic hydroxyl groups is 1. The summed E-state index contributed by atoms with van der Waals surface area (Å²) in [6.07, 6.45) is 2.88. The molecule has 2 heterocycles. The van der Waals surface area contributed by atoms with Crippen LogP contribution >= 0.6 is 0 Å². The van der Waals surface area contributed by atoms with E-state index in [9.17, 15) is 5.11 Å². The van der Waals surface area contributed by atoms with Gasteiger partial charge in [0.2, 0.25) is 5.88 Å². The van der Waals surface area contributed by atoms with Gasteiger partial charge in [0.25, 0.3) is 0 Å². The fourth-order valence-electron chi connectivity index (χ4n) is 2.12. The van der Waals surface area contributed by atoms with E-state index in [1.807, 2.05) is 40.9 Å². The number of imidazole rings is 1. The standard InChI is InChI=1S/C16H16N2O2/c1-2-11-20-16-15(12-6-8-13(19)9-7-12)17-14-5-3-4-10-18(14)16/h3-10,19H,2,11H2,1H3. The molecule has 0 saturated carbocycles. The average Bonchev–Trinajstić information content (AvgIpc) is 2.84. The van der Waals surface area contributed by atoms with Crippen LogP contribution < -0.4 is 4.74 Å². The van der Waals surface area contributed by atoms with Gasteiger partial charge in [-0.15, -0.1) is 0 Å². The van der Waals surface area contributed by atoms with Crippen LogP contribution in [0, 0.1) is 0 Å². The van der Waals surface area contributed by atoms with Gasteiger partial charge in [-0.25, -0.2) is 4.98 Å². The van der Waals surface area contributed by atoms with E-state index in [0.29, 0.717) is 6.61 Å². The van der Waals surface area contributed by atoms with E-state index in [0.717, 1.165) is 29.2 Å². The molecule has 1 N–H and O–H groups in total. The van der Waals surface area contributed by atoms with Crippen molar-refractivity contribution in [2.75, 3.05) is 6.61 Å². The molecule has 1 aromatic carbocycles. The maximum atomic E-state index is 9.40. The quantitative estimate of drug-likeness (QED) is 0.787. The minimum Gasteiger partial charge on any atom is -0.508 e. The molecule has 0 atom stereocenters. The average molecular weight is 268 g/mol. The van der Waals surface area contributed by atoms with Crippen molar-refractivity contribution in [3.8, 4) is 22.9 Å². The molecule has 0 unspecified atom stereocenters. The van der Waals surface area contributed by atoms with Crippen LogP contribution in [0.15, 0.2) is 48.7 Å². The molecule has 0 aliphatic rings. The second kappa shape index (κ2) is 5.25. The Hall–Kier alpha value is -2.49. The number of ether oxygens (including phenoxy) is 1. The summed E-state index contributed by atoms with van der Waals surface area (Å²) in [5.41, 5.74) is 2.57. The van der Waals surface area contributed by atoms with Crippen molar-refractivity contribution >= 4 is 5.65 Å². The molecule has 0 bridgehead atoms. The van der Waals surface area contributed by atoms with Crippen LogP contribution in [0.4, 0.5) is 0 Å². The summed E-state index contributed by atoms with van der Waals surface area (Å²) in [6, 6.07) is 12.8. The topological polar surface area (TPSA) is 46.8 Å². The first-order chi connectivity index (χ1) is 9.79. The van der Waals surface area contributed by atoms with Crippen molar-refractivity contribution in [1.82, 2.24) is 9.38 Å². The number of rotatable bonds is 4. The summed E-state index contributed by atoms with van der Waals surface area (Å²) < 4.78 is 7.80. The van der Waals surface area contributed by atoms with E-state index in [4.69, 9.17) is 4.74 Å². The van der Waals surface area contributed by atoms with Crippen LogP contribution in [0.2, 0.25) is 0 Å². The molecule has 0 radical (unpaired) electrons. The summed E-state index contributed by atoms with van der Waals surface area (Å²) in [5, 5.41) is 9.40.